The molecule has 0 aromatic heterocycles. The minimum atomic E-state index is -3.45. The van der Waals surface area contributed by atoms with Crippen LogP contribution in [0.5, 0.6) is 0 Å². The molecule has 0 saturated carbocycles. The van der Waals surface area contributed by atoms with E-state index in [-0.39, 0.29) is 18.4 Å². The summed E-state index contributed by atoms with van der Waals surface area (Å²) in [5.41, 5.74) is 2.75. The number of nitrogens with zero attached hydrogens (tertiary/aromatic N) is 1. The highest BCUT2D eigenvalue weighted by atomic mass is 32.2. The molecule has 1 aliphatic rings. The minimum absolute atomic E-state index is 0.168. The Labute approximate surface area is 164 Å². The van der Waals surface area contributed by atoms with E-state index in [1.54, 1.807) is 49.4 Å². The molecule has 0 spiro atoms. The third-order valence-corrected chi connectivity index (χ3v) is 5.03. The summed E-state index contributed by atoms with van der Waals surface area (Å²) in [7, 11) is -3.45. The highest BCUT2D eigenvalue weighted by Gasteiger charge is 2.32. The summed E-state index contributed by atoms with van der Waals surface area (Å²) in [6.07, 6.45) is 1.06. The number of hydrogen-bond donors (Lipinski definition) is 2. The summed E-state index contributed by atoms with van der Waals surface area (Å²) < 4.78 is 25.6. The molecule has 1 unspecified atom stereocenters. The van der Waals surface area contributed by atoms with Gasteiger partial charge < -0.3 is 5.32 Å². The second-order valence-corrected chi connectivity index (χ2v) is 8.38. The molecule has 7 nitrogen and oxygen atoms in total. The monoisotopic (exact) mass is 399 g/mol. The van der Waals surface area contributed by atoms with Crippen molar-refractivity contribution in [1.29, 1.82) is 0 Å². The predicted octanol–water partition coefficient (Wildman–Crippen LogP) is 2.36. The molecule has 146 valence electrons. The van der Waals surface area contributed by atoms with Gasteiger partial charge in [-0.05, 0) is 24.6 Å². The number of benzene rings is 2. The van der Waals surface area contributed by atoms with E-state index < -0.39 is 16.1 Å². The molecule has 2 aromatic carbocycles. The third-order valence-electron chi connectivity index (χ3n) is 4.44. The van der Waals surface area contributed by atoms with Gasteiger partial charge in [0, 0.05) is 16.8 Å². The average Bonchev–Trinajstić information content (AvgIpc) is 2.86. The van der Waals surface area contributed by atoms with Crippen LogP contribution in [0, 0.1) is 0 Å². The van der Waals surface area contributed by atoms with Crippen LogP contribution in [-0.4, -0.2) is 37.9 Å². The Hall–Kier alpha value is -3.13. The molecule has 28 heavy (non-hydrogen) atoms. The maximum absolute atomic E-state index is 12.5. The Balaban J connectivity index is 1.71. The highest BCUT2D eigenvalue weighted by Crippen LogP contribution is 2.31. The van der Waals surface area contributed by atoms with Crippen LogP contribution in [0.2, 0.25) is 0 Å². The molecule has 2 amide bonds. The van der Waals surface area contributed by atoms with Crippen LogP contribution in [0.25, 0.3) is 5.70 Å². The molecule has 2 aromatic rings. The molecule has 8 heteroatoms. The fraction of sp³-hybridized carbons (Fsp3) is 0.200. The lowest BCUT2D eigenvalue weighted by molar-refractivity contribution is -0.121. The van der Waals surface area contributed by atoms with Crippen molar-refractivity contribution >= 4 is 33.2 Å². The molecule has 0 saturated heterocycles. The number of fused-ring (bicyclic) bond motifs is 1. The van der Waals surface area contributed by atoms with Gasteiger partial charge in [-0.25, -0.2) is 8.42 Å². The molecule has 2 N–H and O–H groups in total. The number of rotatable bonds is 6. The summed E-state index contributed by atoms with van der Waals surface area (Å²) in [6.45, 7) is 5.50. The third kappa shape index (κ3) is 4.07. The molecule has 0 aliphatic carbocycles. The number of carbonyl (C=O) groups excluding carboxylic acids is 2. The number of hydrogen-bond acceptors (Lipinski definition) is 4. The van der Waals surface area contributed by atoms with E-state index in [9.17, 15) is 18.0 Å². The number of carbonyl (C=O) groups is 2. The lowest BCUT2D eigenvalue weighted by Gasteiger charge is -2.21. The van der Waals surface area contributed by atoms with Crippen LogP contribution in [-0.2, 0) is 14.8 Å². The molecule has 0 radical (unpaired) electrons. The summed E-state index contributed by atoms with van der Waals surface area (Å²) in [5.74, 6) is -0.633. The lowest BCUT2D eigenvalue weighted by Crippen LogP contribution is -2.38. The number of amides is 2. The van der Waals surface area contributed by atoms with Crippen molar-refractivity contribution in [3.05, 3.63) is 71.8 Å². The molecule has 1 atom stereocenters. The molecule has 0 fully saturated rings. The van der Waals surface area contributed by atoms with Crippen molar-refractivity contribution < 1.29 is 18.0 Å². The Morgan fingerprint density at radius 2 is 1.71 bits per heavy atom. The first kappa shape index (κ1) is 19.6. The minimum Gasteiger partial charge on any atom is -0.348 e. The largest absolute Gasteiger partial charge is 0.348 e. The van der Waals surface area contributed by atoms with Crippen molar-refractivity contribution in [3.8, 4) is 0 Å². The first-order valence-corrected chi connectivity index (χ1v) is 10.5. The van der Waals surface area contributed by atoms with E-state index in [1.165, 1.54) is 4.90 Å². The van der Waals surface area contributed by atoms with E-state index in [0.717, 1.165) is 11.8 Å². The smallest absolute Gasteiger partial charge is 0.259 e. The SMILES string of the molecule is C=C1c2ccccc2C(=O)N1CC(=O)NC(C)c1ccccc1NS(C)(=O)=O. The fourth-order valence-corrected chi connectivity index (χ4v) is 3.76. The molecular formula is C20H21N3O4S. The molecular weight excluding hydrogens is 378 g/mol. The van der Waals surface area contributed by atoms with Gasteiger partial charge in [-0.1, -0.05) is 43.0 Å². The van der Waals surface area contributed by atoms with Gasteiger partial charge in [-0.2, -0.15) is 0 Å². The van der Waals surface area contributed by atoms with Crippen LogP contribution in [0.1, 0.15) is 34.5 Å². The summed E-state index contributed by atoms with van der Waals surface area (Å²) >= 11 is 0. The molecule has 1 aliphatic heterocycles. The maximum atomic E-state index is 12.5. The van der Waals surface area contributed by atoms with Gasteiger partial charge in [0.05, 0.1) is 18.0 Å². The fourth-order valence-electron chi connectivity index (χ4n) is 3.18. The number of anilines is 1. The number of nitrogens with one attached hydrogen (secondary N) is 2. The summed E-state index contributed by atoms with van der Waals surface area (Å²) in [5, 5.41) is 2.81. The second-order valence-electron chi connectivity index (χ2n) is 6.63. The van der Waals surface area contributed by atoms with Crippen LogP contribution >= 0.6 is 0 Å². The summed E-state index contributed by atoms with van der Waals surface area (Å²) in [4.78, 5) is 26.4. The zero-order valence-electron chi connectivity index (χ0n) is 15.6. The highest BCUT2D eigenvalue weighted by molar-refractivity contribution is 7.92. The van der Waals surface area contributed by atoms with E-state index in [1.807, 2.05) is 6.07 Å². The van der Waals surface area contributed by atoms with E-state index in [4.69, 9.17) is 0 Å². The number of para-hydroxylation sites is 1. The Morgan fingerprint density at radius 1 is 1.11 bits per heavy atom. The van der Waals surface area contributed by atoms with Gasteiger partial charge in [-0.15, -0.1) is 0 Å². The van der Waals surface area contributed by atoms with E-state index in [0.29, 0.717) is 22.5 Å². The topological polar surface area (TPSA) is 95.6 Å². The van der Waals surface area contributed by atoms with Gasteiger partial charge in [0.2, 0.25) is 15.9 Å². The zero-order chi connectivity index (χ0) is 20.5. The normalized spacial score (nSPS) is 14.6. The summed E-state index contributed by atoms with van der Waals surface area (Å²) in [6, 6.07) is 13.4. The maximum Gasteiger partial charge on any atom is 0.259 e. The van der Waals surface area contributed by atoms with Gasteiger partial charge in [-0.3, -0.25) is 19.2 Å². The van der Waals surface area contributed by atoms with E-state index >= 15 is 0 Å². The van der Waals surface area contributed by atoms with Gasteiger partial charge >= 0.3 is 0 Å². The average molecular weight is 399 g/mol. The molecule has 3 rings (SSSR count). The Kier molecular flexibility index (Phi) is 5.24. The van der Waals surface area contributed by atoms with Gasteiger partial charge in [0.1, 0.15) is 6.54 Å². The van der Waals surface area contributed by atoms with Crippen LogP contribution in [0.3, 0.4) is 0 Å². The lowest BCUT2D eigenvalue weighted by atomic mass is 10.1. The van der Waals surface area contributed by atoms with Crippen molar-refractivity contribution in [2.75, 3.05) is 17.5 Å². The Bertz CT molecular complexity index is 1030. The predicted molar refractivity (Wildman–Crippen MR) is 108 cm³/mol. The first-order valence-electron chi connectivity index (χ1n) is 8.63. The van der Waals surface area contributed by atoms with Crippen molar-refractivity contribution in [2.45, 2.75) is 13.0 Å². The second kappa shape index (κ2) is 7.47. The molecule has 1 heterocycles. The van der Waals surface area contributed by atoms with Gasteiger partial charge in [0.25, 0.3) is 5.91 Å². The van der Waals surface area contributed by atoms with Gasteiger partial charge in [0.15, 0.2) is 0 Å². The molecule has 0 bridgehead atoms. The van der Waals surface area contributed by atoms with Crippen LogP contribution in [0.15, 0.2) is 55.1 Å². The standard InChI is InChI=1S/C20H21N3O4S/c1-13(15-8-6-7-11-18(15)22-28(3,26)27)21-19(24)12-23-14(2)16-9-4-5-10-17(16)20(23)25/h4-11,13,22H,2,12H2,1,3H3,(H,21,24). The van der Waals surface area contributed by atoms with Crippen LogP contribution < -0.4 is 10.0 Å². The van der Waals surface area contributed by atoms with Crippen molar-refractivity contribution in [3.63, 3.8) is 0 Å². The quantitative estimate of drug-likeness (QED) is 0.779. The Morgan fingerprint density at radius 3 is 2.36 bits per heavy atom. The van der Waals surface area contributed by atoms with Crippen LogP contribution in [0.4, 0.5) is 5.69 Å². The first-order chi connectivity index (χ1) is 13.2. The van der Waals surface area contributed by atoms with E-state index in [2.05, 4.69) is 16.6 Å². The number of sulfonamides is 1. The zero-order valence-corrected chi connectivity index (χ0v) is 16.4. The van der Waals surface area contributed by atoms with Crippen molar-refractivity contribution in [1.82, 2.24) is 10.2 Å². The van der Waals surface area contributed by atoms with Crippen molar-refractivity contribution in [2.24, 2.45) is 0 Å².